The lowest BCUT2D eigenvalue weighted by molar-refractivity contribution is -0.145. The summed E-state index contributed by atoms with van der Waals surface area (Å²) in [5, 5.41) is 12.9. The Hall–Kier alpha value is -3.27. The molecule has 1 atom stereocenters. The molecule has 194 valence electrons. The summed E-state index contributed by atoms with van der Waals surface area (Å²) >= 11 is 0.318. The molecule has 0 unspecified atom stereocenters. The van der Waals surface area contributed by atoms with Gasteiger partial charge in [0.1, 0.15) is 17.2 Å². The first-order valence-corrected chi connectivity index (χ1v) is 11.3. The normalized spacial score (nSPS) is 17.1. The van der Waals surface area contributed by atoms with E-state index in [2.05, 4.69) is 20.1 Å². The van der Waals surface area contributed by atoms with Crippen LogP contribution in [0.4, 0.5) is 31.3 Å². The number of rotatable bonds is 5. The molecule has 3 aromatic rings. The maximum atomic E-state index is 13.5. The number of piperazine rings is 1. The molecule has 16 heteroatoms. The molecule has 0 spiro atoms. The molecule has 0 aromatic carbocycles. The number of hydrogen-bond donors (Lipinski definition) is 1. The predicted molar refractivity (Wildman–Crippen MR) is 115 cm³/mol. The van der Waals surface area contributed by atoms with Crippen LogP contribution in [-0.4, -0.2) is 72.9 Å². The van der Waals surface area contributed by atoms with Gasteiger partial charge in [-0.05, 0) is 13.0 Å². The van der Waals surface area contributed by atoms with E-state index in [0.717, 1.165) is 18.1 Å². The molecule has 0 radical (unpaired) electrons. The summed E-state index contributed by atoms with van der Waals surface area (Å²) in [6.45, 7) is 1.41. The van der Waals surface area contributed by atoms with Crippen LogP contribution in [0.3, 0.4) is 0 Å². The van der Waals surface area contributed by atoms with Crippen LogP contribution in [0.15, 0.2) is 24.7 Å². The number of thiazole rings is 1. The average Bonchev–Trinajstić information content (AvgIpc) is 3.44. The van der Waals surface area contributed by atoms with Crippen LogP contribution < -0.4 is 4.90 Å². The number of nitrogens with zero attached hydrogens (tertiary/aromatic N) is 7. The van der Waals surface area contributed by atoms with Gasteiger partial charge < -0.3 is 14.9 Å². The lowest BCUT2D eigenvalue weighted by Gasteiger charge is -2.41. The molecule has 1 N–H and O–H groups in total. The third kappa shape index (κ3) is 5.43. The maximum Gasteiger partial charge on any atom is 0.451 e. The molecule has 0 aliphatic carbocycles. The fourth-order valence-corrected chi connectivity index (χ4v) is 4.73. The average molecular weight is 535 g/mol. The van der Waals surface area contributed by atoms with Gasteiger partial charge in [-0.1, -0.05) is 11.3 Å². The summed E-state index contributed by atoms with van der Waals surface area (Å²) < 4.78 is 80.3. The topological polar surface area (TPSA) is 100 Å². The van der Waals surface area contributed by atoms with Gasteiger partial charge in [0.25, 0.3) is 0 Å². The highest BCUT2D eigenvalue weighted by molar-refractivity contribution is 7.16. The van der Waals surface area contributed by atoms with Crippen LogP contribution in [0.25, 0.3) is 11.3 Å². The third-order valence-corrected chi connectivity index (χ3v) is 6.56. The summed E-state index contributed by atoms with van der Waals surface area (Å²) in [5.41, 5.74) is 0.360. The molecule has 0 saturated carbocycles. The molecule has 4 rings (SSSR count). The number of carbonyl (C=O) groups excluding carboxylic acids is 1. The van der Waals surface area contributed by atoms with Gasteiger partial charge in [-0.15, -0.1) is 0 Å². The molecule has 1 aliphatic heterocycles. The fourth-order valence-electron chi connectivity index (χ4n) is 3.74. The Balaban J connectivity index is 1.60. The summed E-state index contributed by atoms with van der Waals surface area (Å²) in [5.74, 6) is -1.76. The lowest BCUT2D eigenvalue weighted by atomic mass is 10.1. The van der Waals surface area contributed by atoms with Crippen LogP contribution in [0, 0.1) is 6.92 Å². The Morgan fingerprint density at radius 2 is 1.83 bits per heavy atom. The number of carbonyl (C=O) groups is 1. The zero-order chi connectivity index (χ0) is 26.3. The van der Waals surface area contributed by atoms with Crippen molar-refractivity contribution in [3.05, 3.63) is 41.2 Å². The minimum atomic E-state index is -4.81. The van der Waals surface area contributed by atoms with Crippen molar-refractivity contribution in [3.63, 3.8) is 0 Å². The van der Waals surface area contributed by atoms with Crippen molar-refractivity contribution in [1.29, 1.82) is 0 Å². The molecule has 1 amide bonds. The van der Waals surface area contributed by atoms with Crippen molar-refractivity contribution in [2.45, 2.75) is 31.9 Å². The molecule has 0 bridgehead atoms. The van der Waals surface area contributed by atoms with Crippen LogP contribution in [0.1, 0.15) is 16.5 Å². The Bertz CT molecular complexity index is 1220. The van der Waals surface area contributed by atoms with Gasteiger partial charge in [0.2, 0.25) is 16.7 Å². The SMILES string of the molecule is Cc1ccn(CC(=O)N2CCN(c3sc(C(F)(F)F)nc3-c3cnc(C(F)(F)F)nc3)C[C@H]2CO)n1. The standard InChI is InChI=1S/C20H19F6N7O2S/c1-11-2-3-32(30-11)9-14(35)33-5-4-31(8-13(33)10-34)16-15(29-18(36-16)20(24,25)26)12-6-27-17(28-7-12)19(21,22)23/h2-3,6-7,13,34H,4-5,8-10H2,1H3/t13-/m0/s1. The second kappa shape index (κ2) is 9.65. The van der Waals surface area contributed by atoms with E-state index in [0.29, 0.717) is 11.3 Å². The minimum absolute atomic E-state index is 0.0195. The van der Waals surface area contributed by atoms with Crippen LogP contribution in [-0.2, 0) is 23.7 Å². The Labute approximate surface area is 204 Å². The lowest BCUT2D eigenvalue weighted by Crippen LogP contribution is -2.57. The van der Waals surface area contributed by atoms with Crippen LogP contribution in [0.5, 0.6) is 0 Å². The van der Waals surface area contributed by atoms with E-state index in [-0.39, 0.29) is 48.3 Å². The largest absolute Gasteiger partial charge is 0.451 e. The molecule has 1 saturated heterocycles. The van der Waals surface area contributed by atoms with E-state index in [9.17, 15) is 36.2 Å². The summed E-state index contributed by atoms with van der Waals surface area (Å²) in [7, 11) is 0. The van der Waals surface area contributed by atoms with Crippen molar-refractivity contribution in [1.82, 2.24) is 29.6 Å². The summed E-state index contributed by atoms with van der Waals surface area (Å²) in [6.07, 6.45) is -6.44. The van der Waals surface area contributed by atoms with Gasteiger partial charge in [0.05, 0.1) is 18.3 Å². The first-order valence-electron chi connectivity index (χ1n) is 10.5. The van der Waals surface area contributed by atoms with Crippen molar-refractivity contribution < 1.29 is 36.2 Å². The zero-order valence-corrected chi connectivity index (χ0v) is 19.4. The van der Waals surface area contributed by atoms with E-state index < -0.39 is 35.8 Å². The van der Waals surface area contributed by atoms with E-state index in [1.807, 2.05) is 0 Å². The molecule has 9 nitrogen and oxygen atoms in total. The number of halogens is 6. The minimum Gasteiger partial charge on any atom is -0.394 e. The number of anilines is 1. The number of aliphatic hydroxyl groups is 1. The second-order valence-corrected chi connectivity index (χ2v) is 8.97. The number of aromatic nitrogens is 5. The third-order valence-electron chi connectivity index (χ3n) is 5.40. The molecule has 36 heavy (non-hydrogen) atoms. The Morgan fingerprint density at radius 1 is 1.14 bits per heavy atom. The van der Waals surface area contributed by atoms with E-state index in [1.165, 1.54) is 14.5 Å². The first kappa shape index (κ1) is 25.8. The van der Waals surface area contributed by atoms with Gasteiger partial charge in [0, 0.05) is 43.8 Å². The van der Waals surface area contributed by atoms with Gasteiger partial charge in [-0.25, -0.2) is 15.0 Å². The summed E-state index contributed by atoms with van der Waals surface area (Å²) in [6, 6.07) is 0.986. The molecular weight excluding hydrogens is 516 g/mol. The predicted octanol–water partition coefficient (Wildman–Crippen LogP) is 2.85. The molecule has 1 fully saturated rings. The zero-order valence-electron chi connectivity index (χ0n) is 18.6. The van der Waals surface area contributed by atoms with Crippen molar-refractivity contribution in [3.8, 4) is 11.3 Å². The molecular formula is C20H19F6N7O2S. The highest BCUT2D eigenvalue weighted by Crippen LogP contribution is 2.43. The second-order valence-electron chi connectivity index (χ2n) is 7.99. The van der Waals surface area contributed by atoms with E-state index in [4.69, 9.17) is 0 Å². The van der Waals surface area contributed by atoms with Crippen molar-refractivity contribution >= 4 is 22.2 Å². The van der Waals surface area contributed by atoms with Crippen LogP contribution in [0.2, 0.25) is 0 Å². The number of aliphatic hydroxyl groups excluding tert-OH is 1. The molecule has 4 heterocycles. The van der Waals surface area contributed by atoms with Crippen molar-refractivity contribution in [2.75, 3.05) is 31.1 Å². The Kier molecular flexibility index (Phi) is 6.92. The van der Waals surface area contributed by atoms with Gasteiger partial charge in [0.15, 0.2) is 0 Å². The van der Waals surface area contributed by atoms with Crippen molar-refractivity contribution in [2.24, 2.45) is 0 Å². The van der Waals surface area contributed by atoms with E-state index in [1.54, 1.807) is 19.2 Å². The van der Waals surface area contributed by atoms with Gasteiger partial charge in [-0.2, -0.15) is 31.4 Å². The molecule has 3 aromatic heterocycles. The quantitative estimate of drug-likeness (QED) is 0.502. The number of aryl methyl sites for hydroxylation is 1. The monoisotopic (exact) mass is 535 g/mol. The Morgan fingerprint density at radius 3 is 2.39 bits per heavy atom. The fraction of sp³-hybridized carbons (Fsp3) is 0.450. The highest BCUT2D eigenvalue weighted by Gasteiger charge is 2.39. The maximum absolute atomic E-state index is 13.5. The summed E-state index contributed by atoms with van der Waals surface area (Å²) in [4.78, 5) is 25.8. The molecule has 1 aliphatic rings. The highest BCUT2D eigenvalue weighted by atomic mass is 32.1. The number of amides is 1. The van der Waals surface area contributed by atoms with Gasteiger partial charge >= 0.3 is 12.4 Å². The van der Waals surface area contributed by atoms with Gasteiger partial charge in [-0.3, -0.25) is 9.48 Å². The van der Waals surface area contributed by atoms with Crippen LogP contribution >= 0.6 is 11.3 Å². The van der Waals surface area contributed by atoms with E-state index >= 15 is 0 Å². The first-order chi connectivity index (χ1) is 16.9. The smallest absolute Gasteiger partial charge is 0.394 e. The number of alkyl halides is 6. The number of hydrogen-bond acceptors (Lipinski definition) is 8.